The molecule has 3 aromatic carbocycles. The van der Waals surface area contributed by atoms with Gasteiger partial charge in [0.15, 0.2) is 5.82 Å². The first-order chi connectivity index (χ1) is 20.0. The van der Waals surface area contributed by atoms with Gasteiger partial charge in [0.2, 0.25) is 5.91 Å². The van der Waals surface area contributed by atoms with Gasteiger partial charge < -0.3 is 15.2 Å². The predicted molar refractivity (Wildman–Crippen MR) is 150 cm³/mol. The van der Waals surface area contributed by atoms with Gasteiger partial charge in [-0.2, -0.15) is 4.68 Å². The van der Waals surface area contributed by atoms with Crippen LogP contribution in [-0.2, 0) is 16.0 Å². The van der Waals surface area contributed by atoms with E-state index in [1.807, 2.05) is 36.4 Å². The highest BCUT2D eigenvalue weighted by molar-refractivity contribution is 6.31. The number of aromatic amines is 1. The number of H-pyrrole nitrogens is 1. The number of anilines is 1. The van der Waals surface area contributed by atoms with Crippen molar-refractivity contribution in [3.8, 4) is 17.1 Å². The molecule has 1 aliphatic rings. The molecule has 0 bridgehead atoms. The lowest BCUT2D eigenvalue weighted by molar-refractivity contribution is -0.135. The van der Waals surface area contributed by atoms with Crippen molar-refractivity contribution in [1.29, 1.82) is 0 Å². The highest BCUT2D eigenvalue weighted by atomic mass is 35.5. The number of hydrogen-bond donors (Lipinski definition) is 2. The topological polar surface area (TPSA) is 122 Å². The average Bonchev–Trinajstić information content (AvgIpc) is 3.73. The summed E-state index contributed by atoms with van der Waals surface area (Å²) in [4.78, 5) is 36.0. The van der Waals surface area contributed by atoms with E-state index in [-0.39, 0.29) is 16.5 Å². The van der Waals surface area contributed by atoms with Crippen LogP contribution in [0.15, 0.2) is 85.5 Å². The second-order valence-electron chi connectivity index (χ2n) is 9.27. The summed E-state index contributed by atoms with van der Waals surface area (Å²) in [6.45, 7) is 0.299. The Labute approximate surface area is 238 Å². The van der Waals surface area contributed by atoms with E-state index >= 15 is 4.39 Å². The van der Waals surface area contributed by atoms with Gasteiger partial charge in [0.25, 0.3) is 5.91 Å². The fourth-order valence-electron chi connectivity index (χ4n) is 4.87. The molecule has 0 radical (unpaired) electrons. The average molecular weight is 569 g/mol. The fourth-order valence-corrected chi connectivity index (χ4v) is 5.03. The van der Waals surface area contributed by atoms with Crippen LogP contribution in [0.4, 0.5) is 10.1 Å². The molecular formula is C29H22ClFN8O2. The number of imidazole rings is 1. The lowest BCUT2D eigenvalue weighted by Gasteiger charge is -2.35. The molecule has 10 nitrogen and oxygen atoms in total. The molecule has 12 heteroatoms. The molecule has 0 fully saturated rings. The van der Waals surface area contributed by atoms with Crippen molar-refractivity contribution in [2.45, 2.75) is 12.5 Å². The van der Waals surface area contributed by atoms with Crippen molar-refractivity contribution < 1.29 is 14.0 Å². The van der Waals surface area contributed by atoms with Crippen molar-refractivity contribution in [1.82, 2.24) is 35.1 Å². The summed E-state index contributed by atoms with van der Waals surface area (Å²) in [5, 5.41) is 13.8. The highest BCUT2D eigenvalue weighted by Crippen LogP contribution is 2.32. The zero-order valence-corrected chi connectivity index (χ0v) is 22.2. The molecule has 204 valence electrons. The fraction of sp³-hybridized carbons (Fsp3) is 0.103. The first-order valence-corrected chi connectivity index (χ1v) is 13.1. The molecule has 5 aromatic rings. The minimum atomic E-state index is -0.898. The van der Waals surface area contributed by atoms with Gasteiger partial charge in [0.05, 0.1) is 10.7 Å². The van der Waals surface area contributed by atoms with Crippen molar-refractivity contribution in [2.75, 3.05) is 11.9 Å². The van der Waals surface area contributed by atoms with Crippen LogP contribution >= 0.6 is 11.6 Å². The van der Waals surface area contributed by atoms with E-state index in [0.29, 0.717) is 30.2 Å². The smallest absolute Gasteiger partial charge is 0.251 e. The zero-order valence-electron chi connectivity index (χ0n) is 21.4. The van der Waals surface area contributed by atoms with Crippen LogP contribution in [-0.4, -0.2) is 53.4 Å². The second-order valence-corrected chi connectivity index (χ2v) is 9.68. The number of tetrazole rings is 1. The molecule has 3 heterocycles. The molecule has 2 N–H and O–H groups in total. The molecule has 0 aliphatic carbocycles. The third kappa shape index (κ3) is 5.22. The number of amides is 2. The lowest BCUT2D eigenvalue weighted by atomic mass is 9.91. The number of hydrogen-bond acceptors (Lipinski definition) is 6. The predicted octanol–water partition coefficient (Wildman–Crippen LogP) is 4.62. The highest BCUT2D eigenvalue weighted by Gasteiger charge is 2.35. The minimum Gasteiger partial charge on any atom is -0.345 e. The number of nitrogens with one attached hydrogen (secondary N) is 2. The molecule has 0 saturated heterocycles. The van der Waals surface area contributed by atoms with Gasteiger partial charge in [-0.1, -0.05) is 35.9 Å². The van der Waals surface area contributed by atoms with Crippen LogP contribution in [0.5, 0.6) is 0 Å². The third-order valence-corrected chi connectivity index (χ3v) is 7.13. The van der Waals surface area contributed by atoms with E-state index in [1.54, 1.807) is 30.6 Å². The molecule has 6 rings (SSSR count). The molecule has 2 amide bonds. The van der Waals surface area contributed by atoms with Crippen molar-refractivity contribution >= 4 is 35.2 Å². The van der Waals surface area contributed by atoms with Crippen LogP contribution in [0.25, 0.3) is 23.2 Å². The van der Waals surface area contributed by atoms with Crippen molar-refractivity contribution in [3.63, 3.8) is 0 Å². The summed E-state index contributed by atoms with van der Waals surface area (Å²) in [5.41, 5.74) is 3.49. The summed E-state index contributed by atoms with van der Waals surface area (Å²) in [7, 11) is 0. The number of halogens is 2. The summed E-state index contributed by atoms with van der Waals surface area (Å²) >= 11 is 6.02. The van der Waals surface area contributed by atoms with Gasteiger partial charge in [-0.15, -0.1) is 5.10 Å². The molecule has 2 aromatic heterocycles. The Morgan fingerprint density at radius 2 is 1.93 bits per heavy atom. The second kappa shape index (κ2) is 11.1. The molecule has 41 heavy (non-hydrogen) atoms. The maximum absolute atomic E-state index is 15.0. The number of fused-ring (bicyclic) bond motifs is 1. The van der Waals surface area contributed by atoms with Gasteiger partial charge in [-0.3, -0.25) is 9.59 Å². The van der Waals surface area contributed by atoms with E-state index in [9.17, 15) is 9.59 Å². The molecular weight excluding hydrogens is 547 g/mol. The Hall–Kier alpha value is -5.16. The molecule has 1 atom stereocenters. The van der Waals surface area contributed by atoms with E-state index in [4.69, 9.17) is 11.6 Å². The van der Waals surface area contributed by atoms with E-state index in [0.717, 1.165) is 16.7 Å². The normalized spacial score (nSPS) is 14.7. The Morgan fingerprint density at radius 3 is 2.68 bits per heavy atom. The van der Waals surface area contributed by atoms with Crippen LogP contribution < -0.4 is 5.32 Å². The van der Waals surface area contributed by atoms with Gasteiger partial charge in [-0.25, -0.2) is 9.37 Å². The molecule has 0 saturated carbocycles. The third-order valence-electron chi connectivity index (χ3n) is 6.84. The van der Waals surface area contributed by atoms with Crippen molar-refractivity contribution in [3.05, 3.63) is 113 Å². The number of carbonyl (C=O) groups is 2. The first kappa shape index (κ1) is 26.1. The zero-order chi connectivity index (χ0) is 28.3. The number of aromatic nitrogens is 6. The quantitative estimate of drug-likeness (QED) is 0.288. The maximum Gasteiger partial charge on any atom is 0.251 e. The summed E-state index contributed by atoms with van der Waals surface area (Å²) in [5.74, 6) is -0.838. The number of carbonyl (C=O) groups excluding carboxylic acids is 2. The van der Waals surface area contributed by atoms with Gasteiger partial charge in [0.1, 0.15) is 18.2 Å². The van der Waals surface area contributed by atoms with E-state index in [1.165, 1.54) is 34.1 Å². The SMILES string of the molecule is O=C(Nc1ccc(-c2ncc[nH]2)cc1)[C@@H]1c2ccccc2CCN1C(=O)/C=C/c1c(-n2cnnn2)ccc(Cl)c1F. The number of benzene rings is 3. The monoisotopic (exact) mass is 568 g/mol. The van der Waals surface area contributed by atoms with Crippen LogP contribution in [0.1, 0.15) is 22.7 Å². The van der Waals surface area contributed by atoms with Crippen LogP contribution in [0.2, 0.25) is 5.02 Å². The van der Waals surface area contributed by atoms with Gasteiger partial charge in [-0.05, 0) is 70.4 Å². The first-order valence-electron chi connectivity index (χ1n) is 12.7. The number of nitrogens with zero attached hydrogens (tertiary/aromatic N) is 6. The number of rotatable bonds is 6. The summed E-state index contributed by atoms with van der Waals surface area (Å²) < 4.78 is 16.3. The maximum atomic E-state index is 15.0. The standard InChI is InChI=1S/C29H22ClFN8O2/c30-23-10-11-24(39-17-34-36-37-39)22(26(23)31)9-12-25(40)38-16-13-18-3-1-2-4-21(18)27(38)29(41)35-20-7-5-19(6-8-20)28-32-14-15-33-28/h1-12,14-15,17,27H,13,16H2,(H,32,33)(H,35,41)/b12-9+/t27-/m0/s1. The van der Waals surface area contributed by atoms with Crippen LogP contribution in [0.3, 0.4) is 0 Å². The Balaban J connectivity index is 1.29. The minimum absolute atomic E-state index is 0.0354. The van der Waals surface area contributed by atoms with Gasteiger partial charge >= 0.3 is 0 Å². The molecule has 0 spiro atoms. The Morgan fingerprint density at radius 1 is 1.10 bits per heavy atom. The molecule has 1 aliphatic heterocycles. The Bertz CT molecular complexity index is 1740. The lowest BCUT2D eigenvalue weighted by Crippen LogP contribution is -2.44. The van der Waals surface area contributed by atoms with E-state index < -0.39 is 17.8 Å². The van der Waals surface area contributed by atoms with Crippen LogP contribution in [0, 0.1) is 5.82 Å². The Kier molecular flexibility index (Phi) is 7.09. The summed E-state index contributed by atoms with van der Waals surface area (Å²) in [6.07, 6.45) is 7.83. The van der Waals surface area contributed by atoms with E-state index in [2.05, 4.69) is 30.8 Å². The largest absolute Gasteiger partial charge is 0.345 e. The van der Waals surface area contributed by atoms with Gasteiger partial charge in [0, 0.05) is 41.8 Å². The molecule has 0 unspecified atom stereocenters. The van der Waals surface area contributed by atoms with Crippen molar-refractivity contribution in [2.24, 2.45) is 0 Å². The summed E-state index contributed by atoms with van der Waals surface area (Å²) in [6, 6.07) is 16.8.